The van der Waals surface area contributed by atoms with Crippen LogP contribution >= 0.6 is 0 Å². The highest BCUT2D eigenvalue weighted by molar-refractivity contribution is 6.14. The molecule has 0 aliphatic heterocycles. The molecule has 10 rings (SSSR count). The van der Waals surface area contributed by atoms with Crippen LogP contribution in [0.25, 0.3) is 32.8 Å². The average molecular weight is 1110 g/mol. The second-order valence-corrected chi connectivity index (χ2v) is 19.8. The van der Waals surface area contributed by atoms with E-state index in [0.29, 0.717) is 55.3 Å². The zero-order chi connectivity index (χ0) is 58.3. The van der Waals surface area contributed by atoms with Crippen molar-refractivity contribution in [3.05, 3.63) is 220 Å². The van der Waals surface area contributed by atoms with Crippen molar-refractivity contribution in [3.63, 3.8) is 0 Å². The number of fused-ring (bicyclic) bond motifs is 4. The Kier molecular flexibility index (Phi) is 14.8. The van der Waals surface area contributed by atoms with Crippen LogP contribution in [0.4, 0.5) is 0 Å². The van der Waals surface area contributed by atoms with E-state index in [0.717, 1.165) is 0 Å². The number of carbonyl (C=O) groups excluding carboxylic acids is 4. The quantitative estimate of drug-likeness (QED) is 0.0356. The molecule has 22 heteroatoms. The van der Waals surface area contributed by atoms with Gasteiger partial charge < -0.3 is 49.3 Å². The van der Waals surface area contributed by atoms with E-state index < -0.39 is 70.9 Å². The third kappa shape index (κ3) is 10.2. The molecule has 0 bridgehead atoms. The first-order valence-corrected chi connectivity index (χ1v) is 25.8. The Hall–Kier alpha value is -10.6. The molecule has 0 saturated heterocycles. The fraction of sp³-hybridized carbons (Fsp3) is 0.200. The summed E-state index contributed by atoms with van der Waals surface area (Å²) in [6.45, 7) is 1.08. The smallest absolute Gasteiger partial charge is 0.329 e. The number of carboxylic acid groups (broad SMARTS) is 2. The zero-order valence-corrected chi connectivity index (χ0v) is 43.9. The van der Waals surface area contributed by atoms with Crippen molar-refractivity contribution in [3.8, 4) is 0 Å². The summed E-state index contributed by atoms with van der Waals surface area (Å²) in [5.74, 6) is -5.32. The number of carboxylic acids is 2. The van der Waals surface area contributed by atoms with E-state index in [1.165, 1.54) is 36.4 Å². The van der Waals surface area contributed by atoms with Crippen molar-refractivity contribution < 1.29 is 48.5 Å². The lowest BCUT2D eigenvalue weighted by atomic mass is 9.87. The molecule has 0 amide bonds. The van der Waals surface area contributed by atoms with Gasteiger partial charge in [0.15, 0.2) is 11.6 Å². The van der Waals surface area contributed by atoms with Crippen molar-refractivity contribution in [1.29, 1.82) is 10.8 Å². The van der Waals surface area contributed by atoms with Gasteiger partial charge in [-0.2, -0.15) is 0 Å². The Balaban J connectivity index is 0.735. The summed E-state index contributed by atoms with van der Waals surface area (Å²) < 4.78 is 16.3. The van der Waals surface area contributed by atoms with E-state index in [1.54, 1.807) is 108 Å². The van der Waals surface area contributed by atoms with Crippen LogP contribution in [0, 0.1) is 24.7 Å². The Morgan fingerprint density at radius 2 is 0.976 bits per heavy atom. The molecule has 0 fully saturated rings. The molecule has 82 heavy (non-hydrogen) atoms. The molecular formula is C60H50N8O14. The van der Waals surface area contributed by atoms with Gasteiger partial charge in [-0.05, 0) is 122 Å². The van der Waals surface area contributed by atoms with E-state index in [2.05, 4.69) is 9.97 Å². The lowest BCUT2D eigenvalue weighted by Gasteiger charge is -2.21. The topological polar surface area (TPSA) is 328 Å². The Bertz CT molecular complexity index is 4230. The molecule has 0 radical (unpaired) electrons. The van der Waals surface area contributed by atoms with Crippen molar-refractivity contribution in [1.82, 2.24) is 27.9 Å². The third-order valence-electron chi connectivity index (χ3n) is 14.6. The summed E-state index contributed by atoms with van der Waals surface area (Å²) in [6.07, 6.45) is 14.4. The highest BCUT2D eigenvalue weighted by Gasteiger charge is 2.33. The van der Waals surface area contributed by atoms with Gasteiger partial charge in [-0.1, -0.05) is 36.4 Å². The molecule has 0 saturated carbocycles. The van der Waals surface area contributed by atoms with E-state index in [-0.39, 0.29) is 105 Å². The number of rotatable bonds is 21. The molecule has 22 nitrogen and oxygen atoms in total. The van der Waals surface area contributed by atoms with E-state index in [9.17, 15) is 69.0 Å². The van der Waals surface area contributed by atoms with Gasteiger partial charge in [0.25, 0.3) is 11.1 Å². The van der Waals surface area contributed by atoms with Crippen LogP contribution in [-0.4, -0.2) is 97.8 Å². The Morgan fingerprint density at radius 3 is 1.37 bits per heavy atom. The molecule has 2 aliphatic rings. The molecule has 2 aromatic carbocycles. The highest BCUT2D eigenvalue weighted by Crippen LogP contribution is 2.38. The molecule has 2 aliphatic carbocycles. The van der Waals surface area contributed by atoms with Gasteiger partial charge in [0.05, 0.1) is 67.5 Å². The van der Waals surface area contributed by atoms with Crippen molar-refractivity contribution in [2.24, 2.45) is 0 Å². The number of hydrogen-bond acceptors (Lipinski definition) is 14. The molecular weight excluding hydrogens is 1060 g/mol. The molecule has 6 N–H and O–H groups in total. The minimum atomic E-state index is -1.39. The van der Waals surface area contributed by atoms with E-state index in [4.69, 9.17) is 9.47 Å². The molecule has 8 aromatic rings. The van der Waals surface area contributed by atoms with E-state index >= 15 is 0 Å². The predicted molar refractivity (Wildman–Crippen MR) is 300 cm³/mol. The summed E-state index contributed by atoms with van der Waals surface area (Å²) >= 11 is 0. The number of benzene rings is 2. The lowest BCUT2D eigenvalue weighted by molar-refractivity contribution is -0.138. The van der Waals surface area contributed by atoms with Gasteiger partial charge in [0, 0.05) is 36.4 Å². The monoisotopic (exact) mass is 1110 g/mol. The van der Waals surface area contributed by atoms with Crippen LogP contribution in [0.1, 0.15) is 91.9 Å². The third-order valence-corrected chi connectivity index (χ3v) is 14.6. The van der Waals surface area contributed by atoms with Crippen molar-refractivity contribution >= 4 is 79.3 Å². The van der Waals surface area contributed by atoms with Gasteiger partial charge in [-0.3, -0.25) is 38.4 Å². The summed E-state index contributed by atoms with van der Waals surface area (Å²) in [6, 6.07) is 19.0. The number of aromatic amines is 2. The maximum Gasteiger partial charge on any atom is 0.329 e. The van der Waals surface area contributed by atoms with Gasteiger partial charge >= 0.3 is 23.3 Å². The second-order valence-electron chi connectivity index (χ2n) is 19.8. The van der Waals surface area contributed by atoms with Crippen LogP contribution in [0.15, 0.2) is 152 Å². The number of H-pyrrole nitrogens is 2. The predicted octanol–water partition coefficient (Wildman–Crippen LogP) is 5.99. The van der Waals surface area contributed by atoms with Gasteiger partial charge in [0.1, 0.15) is 37.8 Å². The van der Waals surface area contributed by atoms with E-state index in [1.807, 2.05) is 0 Å². The molecule has 2 unspecified atom stereocenters. The number of allylic oxidation sites excluding steroid dienone is 8. The molecule has 2 atom stereocenters. The summed E-state index contributed by atoms with van der Waals surface area (Å²) in [7, 11) is 0. The Labute approximate surface area is 462 Å². The van der Waals surface area contributed by atoms with Crippen LogP contribution in [0.2, 0.25) is 0 Å². The van der Waals surface area contributed by atoms with Crippen LogP contribution < -0.4 is 22.5 Å². The van der Waals surface area contributed by atoms with Gasteiger partial charge in [0.2, 0.25) is 11.6 Å². The zero-order valence-electron chi connectivity index (χ0n) is 43.9. The largest absolute Gasteiger partial charge is 0.484 e. The number of aromatic nitrogens is 6. The molecule has 6 heterocycles. The summed E-state index contributed by atoms with van der Waals surface area (Å²) in [4.78, 5) is 134. The van der Waals surface area contributed by atoms with Gasteiger partial charge in [-0.25, -0.2) is 18.7 Å². The highest BCUT2D eigenvalue weighted by atomic mass is 16.5. The Morgan fingerprint density at radius 1 is 0.573 bits per heavy atom. The number of aliphatic carboxylic acids is 2. The first-order valence-electron chi connectivity index (χ1n) is 25.8. The number of ether oxygens (including phenoxy) is 2. The van der Waals surface area contributed by atoms with Crippen LogP contribution in [0.5, 0.6) is 0 Å². The van der Waals surface area contributed by atoms with Crippen LogP contribution in [-0.2, 0) is 41.7 Å². The molecule has 414 valence electrons. The maximum atomic E-state index is 14.3. The van der Waals surface area contributed by atoms with Crippen molar-refractivity contribution in [2.75, 3.05) is 13.2 Å². The molecule has 6 aromatic heterocycles. The fourth-order valence-corrected chi connectivity index (χ4v) is 10.7. The second kappa shape index (κ2) is 22.2. The number of ketones is 4. The molecule has 0 spiro atoms. The first-order chi connectivity index (χ1) is 39.3. The number of nitrogens with one attached hydrogen (secondary N) is 4. The fourth-order valence-electron chi connectivity index (χ4n) is 10.7. The number of pyridine rings is 2. The number of Topliss-reactive ketones (excluding diaryl/α,β-unsaturated/α-hetero) is 2. The standard InChI is InChI=1S/C60H50N8O14/c1-31-49(43-15-5-7-23-65(43)53(31)55(75)33-19-21-41-39(25-33)57(77)67(27-47(71)72)59(79)63-41)37-13-9-17-45(51(37)61)81-29-35(69)11-3-4-12-36(70)30-82-46-18-10-14-38(52(46)62)50-32(2)54(66-24-8-6-16-44(50)66)56(76)34-20-22-42-40(26-34)58(78)68(28-48(73)74)60(80)64-42/h5-10,13-26,37-38,61-62H,3-4,11-12,27-30H2,1-2H3,(H,63,79)(H,64,80)(H,71,72)(H,73,74). The lowest BCUT2D eigenvalue weighted by Crippen LogP contribution is -2.37. The minimum absolute atomic E-state index is 0.0442. The summed E-state index contributed by atoms with van der Waals surface area (Å²) in [5.41, 5.74) is 1.10. The number of carbonyl (C=O) groups is 6. The number of hydrogen-bond donors (Lipinski definition) is 6. The van der Waals surface area contributed by atoms with Crippen LogP contribution in [0.3, 0.4) is 0 Å². The maximum absolute atomic E-state index is 14.3. The number of nitrogens with zero attached hydrogens (tertiary/aromatic N) is 4. The van der Waals surface area contributed by atoms with Gasteiger partial charge in [-0.15, -0.1) is 0 Å². The number of unbranched alkanes of at least 4 members (excludes halogenated alkanes) is 1. The SMILES string of the molecule is Cc1c(C2C=CC=C(OCC(=O)CCCCC(=O)COC3=CC=CC(c4c(C)c(C(=O)c5ccc6[nH]c(=O)n(CC(=O)O)c(=O)c6c5)n5ccccc45)C3=N)C2=N)c2ccccn2c1C(=O)c1ccc2[nH]c(=O)n(CC(=O)O)c(=O)c2c1. The first kappa shape index (κ1) is 54.7. The average Bonchev–Trinajstić information content (AvgIpc) is 3.82. The minimum Gasteiger partial charge on any atom is -0.484 e. The summed E-state index contributed by atoms with van der Waals surface area (Å²) in [5, 5.41) is 36.8. The van der Waals surface area contributed by atoms with Crippen molar-refractivity contribution in [2.45, 2.75) is 64.5 Å². The normalized spacial score (nSPS) is 15.0.